The molecule has 1 aromatic rings. The maximum Gasteiger partial charge on any atom is 0.360 e. The predicted molar refractivity (Wildman–Crippen MR) is 72.9 cm³/mol. The zero-order valence-corrected chi connectivity index (χ0v) is 11.6. The Balaban J connectivity index is 2.07. The van der Waals surface area contributed by atoms with Crippen LogP contribution in [0, 0.1) is 0 Å². The van der Waals surface area contributed by atoms with Gasteiger partial charge in [-0.15, -0.1) is 0 Å². The Labute approximate surface area is 113 Å². The van der Waals surface area contributed by atoms with Crippen LogP contribution in [0.4, 0.5) is 5.82 Å². The van der Waals surface area contributed by atoms with Crippen LogP contribution >= 0.6 is 0 Å². The number of imidazole rings is 1. The zero-order chi connectivity index (χ0) is 13.8. The Bertz CT molecular complexity index is 444. The molecule has 1 aromatic heterocycles. The molecule has 0 radical (unpaired) electrons. The number of rotatable bonds is 4. The summed E-state index contributed by atoms with van der Waals surface area (Å²) in [6, 6.07) is 0.459. The third-order valence-corrected chi connectivity index (χ3v) is 3.68. The van der Waals surface area contributed by atoms with Gasteiger partial charge in [-0.25, -0.2) is 9.78 Å². The van der Waals surface area contributed by atoms with E-state index in [-0.39, 0.29) is 5.69 Å². The van der Waals surface area contributed by atoms with Crippen molar-refractivity contribution < 1.29 is 9.53 Å². The number of piperidine rings is 1. The van der Waals surface area contributed by atoms with Gasteiger partial charge in [0.25, 0.3) is 0 Å². The molecular formula is C13H22N4O2. The zero-order valence-electron chi connectivity index (χ0n) is 11.6. The molecule has 6 heteroatoms. The summed E-state index contributed by atoms with van der Waals surface area (Å²) in [6.45, 7) is 3.98. The summed E-state index contributed by atoms with van der Waals surface area (Å²) in [5.41, 5.74) is 6.20. The van der Waals surface area contributed by atoms with Gasteiger partial charge in [0.2, 0.25) is 0 Å². The summed E-state index contributed by atoms with van der Waals surface area (Å²) in [4.78, 5) is 18.1. The number of likely N-dealkylation sites (N-methyl/N-ethyl adjacent to an activating group) is 1. The minimum absolute atomic E-state index is 0.223. The lowest BCUT2D eigenvalue weighted by molar-refractivity contribution is 0.0521. The molecule has 0 amide bonds. The molecule has 1 atom stereocenters. The minimum atomic E-state index is -0.448. The molecule has 0 bridgehead atoms. The largest absolute Gasteiger partial charge is 0.461 e. The van der Waals surface area contributed by atoms with Crippen molar-refractivity contribution in [2.24, 2.45) is 0 Å². The molecule has 1 aliphatic heterocycles. The average molecular weight is 266 g/mol. The van der Waals surface area contributed by atoms with Crippen LogP contribution in [0.3, 0.4) is 0 Å². The molecule has 1 fully saturated rings. The molecule has 1 saturated heterocycles. The highest BCUT2D eigenvalue weighted by molar-refractivity contribution is 5.92. The van der Waals surface area contributed by atoms with E-state index in [1.807, 2.05) is 4.57 Å². The lowest BCUT2D eigenvalue weighted by Crippen LogP contribution is -2.39. The molecule has 106 valence electrons. The predicted octanol–water partition coefficient (Wildman–Crippen LogP) is 1.13. The molecular weight excluding hydrogens is 244 g/mol. The fourth-order valence-electron chi connectivity index (χ4n) is 2.50. The van der Waals surface area contributed by atoms with E-state index < -0.39 is 5.97 Å². The summed E-state index contributed by atoms with van der Waals surface area (Å²) in [5, 5.41) is 0. The standard InChI is InChI=1S/C13H22N4O2/c1-3-19-13(18)11-12(14)17(9-15-11)8-10-6-4-5-7-16(10)2/h9-10H,3-8,14H2,1-2H3. The summed E-state index contributed by atoms with van der Waals surface area (Å²) < 4.78 is 6.77. The lowest BCUT2D eigenvalue weighted by atomic mass is 10.0. The molecule has 0 aliphatic carbocycles. The summed E-state index contributed by atoms with van der Waals surface area (Å²) in [6.07, 6.45) is 5.28. The fraction of sp³-hybridized carbons (Fsp3) is 0.692. The van der Waals surface area contributed by atoms with Crippen molar-refractivity contribution in [3.8, 4) is 0 Å². The van der Waals surface area contributed by atoms with E-state index in [1.165, 1.54) is 12.8 Å². The number of ether oxygens (including phenoxy) is 1. The Kier molecular flexibility index (Phi) is 4.42. The van der Waals surface area contributed by atoms with Gasteiger partial charge in [0.15, 0.2) is 5.69 Å². The number of carbonyl (C=O) groups is 1. The molecule has 2 heterocycles. The van der Waals surface area contributed by atoms with Crippen LogP contribution in [-0.4, -0.2) is 46.7 Å². The number of aromatic nitrogens is 2. The first-order valence-electron chi connectivity index (χ1n) is 6.81. The van der Waals surface area contributed by atoms with Gasteiger partial charge in [-0.3, -0.25) is 0 Å². The second-order valence-corrected chi connectivity index (χ2v) is 4.98. The Morgan fingerprint density at radius 1 is 1.58 bits per heavy atom. The van der Waals surface area contributed by atoms with Crippen molar-refractivity contribution >= 4 is 11.8 Å². The summed E-state index contributed by atoms with van der Waals surface area (Å²) in [7, 11) is 2.13. The van der Waals surface area contributed by atoms with Crippen LogP contribution < -0.4 is 5.73 Å². The van der Waals surface area contributed by atoms with Crippen molar-refractivity contribution in [3.63, 3.8) is 0 Å². The summed E-state index contributed by atoms with van der Waals surface area (Å²) >= 11 is 0. The second kappa shape index (κ2) is 6.06. The first kappa shape index (κ1) is 13.9. The van der Waals surface area contributed by atoms with Gasteiger partial charge in [-0.05, 0) is 33.4 Å². The van der Waals surface area contributed by atoms with Gasteiger partial charge in [-0.1, -0.05) is 6.42 Å². The first-order chi connectivity index (χ1) is 9.13. The third-order valence-electron chi connectivity index (χ3n) is 3.68. The number of nitrogen functional groups attached to an aromatic ring is 1. The molecule has 2 N–H and O–H groups in total. The van der Waals surface area contributed by atoms with Crippen LogP contribution in [0.2, 0.25) is 0 Å². The quantitative estimate of drug-likeness (QED) is 0.827. The van der Waals surface area contributed by atoms with Crippen molar-refractivity contribution in [1.82, 2.24) is 14.5 Å². The number of hydrogen-bond donors (Lipinski definition) is 1. The van der Waals surface area contributed by atoms with Gasteiger partial charge in [0, 0.05) is 12.6 Å². The molecule has 2 rings (SSSR count). The van der Waals surface area contributed by atoms with E-state index in [2.05, 4.69) is 16.9 Å². The maximum atomic E-state index is 11.6. The van der Waals surface area contributed by atoms with Crippen LogP contribution in [0.25, 0.3) is 0 Å². The maximum absolute atomic E-state index is 11.6. The number of anilines is 1. The molecule has 1 unspecified atom stereocenters. The molecule has 6 nitrogen and oxygen atoms in total. The SMILES string of the molecule is CCOC(=O)c1ncn(CC2CCCCN2C)c1N. The highest BCUT2D eigenvalue weighted by atomic mass is 16.5. The Hall–Kier alpha value is -1.56. The summed E-state index contributed by atoms with van der Waals surface area (Å²) in [5.74, 6) is -0.0480. The Morgan fingerprint density at radius 3 is 3.05 bits per heavy atom. The Morgan fingerprint density at radius 2 is 2.37 bits per heavy atom. The average Bonchev–Trinajstić information content (AvgIpc) is 2.74. The van der Waals surface area contributed by atoms with E-state index in [9.17, 15) is 4.79 Å². The number of likely N-dealkylation sites (tertiary alicyclic amines) is 1. The number of nitrogens with zero attached hydrogens (tertiary/aromatic N) is 3. The first-order valence-corrected chi connectivity index (χ1v) is 6.81. The van der Waals surface area contributed by atoms with E-state index in [0.29, 0.717) is 18.5 Å². The molecule has 0 spiro atoms. The van der Waals surface area contributed by atoms with Crippen molar-refractivity contribution in [2.75, 3.05) is 25.9 Å². The number of nitrogens with two attached hydrogens (primary N) is 1. The van der Waals surface area contributed by atoms with Crippen LogP contribution in [0.15, 0.2) is 6.33 Å². The van der Waals surface area contributed by atoms with Gasteiger partial charge in [0.05, 0.1) is 12.9 Å². The molecule has 1 aliphatic rings. The monoisotopic (exact) mass is 266 g/mol. The number of carbonyl (C=O) groups excluding carboxylic acids is 1. The van der Waals surface area contributed by atoms with E-state index >= 15 is 0 Å². The van der Waals surface area contributed by atoms with Gasteiger partial charge >= 0.3 is 5.97 Å². The number of esters is 1. The van der Waals surface area contributed by atoms with Crippen molar-refractivity contribution in [1.29, 1.82) is 0 Å². The minimum Gasteiger partial charge on any atom is -0.461 e. The van der Waals surface area contributed by atoms with Gasteiger partial charge in [-0.2, -0.15) is 0 Å². The lowest BCUT2D eigenvalue weighted by Gasteiger charge is -2.32. The van der Waals surface area contributed by atoms with Crippen LogP contribution in [0.5, 0.6) is 0 Å². The van der Waals surface area contributed by atoms with Crippen molar-refractivity contribution in [2.45, 2.75) is 38.8 Å². The van der Waals surface area contributed by atoms with Crippen LogP contribution in [0.1, 0.15) is 36.7 Å². The highest BCUT2D eigenvalue weighted by Gasteiger charge is 2.22. The molecule has 19 heavy (non-hydrogen) atoms. The highest BCUT2D eigenvalue weighted by Crippen LogP contribution is 2.19. The van der Waals surface area contributed by atoms with Gasteiger partial charge in [0.1, 0.15) is 5.82 Å². The van der Waals surface area contributed by atoms with E-state index in [0.717, 1.165) is 19.5 Å². The topological polar surface area (TPSA) is 73.4 Å². The van der Waals surface area contributed by atoms with Crippen LogP contribution in [-0.2, 0) is 11.3 Å². The molecule has 0 saturated carbocycles. The smallest absolute Gasteiger partial charge is 0.360 e. The van der Waals surface area contributed by atoms with E-state index in [1.54, 1.807) is 13.3 Å². The molecule has 0 aromatic carbocycles. The number of hydrogen-bond acceptors (Lipinski definition) is 5. The van der Waals surface area contributed by atoms with Gasteiger partial charge < -0.3 is 19.9 Å². The normalized spacial score (nSPS) is 20.4. The fourth-order valence-corrected chi connectivity index (χ4v) is 2.50. The second-order valence-electron chi connectivity index (χ2n) is 4.98. The van der Waals surface area contributed by atoms with E-state index in [4.69, 9.17) is 10.5 Å². The van der Waals surface area contributed by atoms with Crippen molar-refractivity contribution in [3.05, 3.63) is 12.0 Å². The third kappa shape index (κ3) is 3.07.